The van der Waals surface area contributed by atoms with Gasteiger partial charge in [-0.1, -0.05) is 29.8 Å². The molecule has 1 amide bonds. The molecule has 1 aromatic heterocycles. The predicted octanol–water partition coefficient (Wildman–Crippen LogP) is 2.94. The van der Waals surface area contributed by atoms with Gasteiger partial charge in [0.1, 0.15) is 0 Å². The highest BCUT2D eigenvalue weighted by atomic mass is 16.1. The number of pyridine rings is 1. The zero-order valence-corrected chi connectivity index (χ0v) is 11.5. The number of nitrogens with zero attached hydrogens (tertiary/aromatic N) is 1. The van der Waals surface area contributed by atoms with Gasteiger partial charge in [-0.3, -0.25) is 9.78 Å². The fraction of sp³-hybridized carbons (Fsp3) is 0.250. The zero-order valence-electron chi connectivity index (χ0n) is 11.5. The zero-order chi connectivity index (χ0) is 13.8. The Labute approximate surface area is 113 Å². The van der Waals surface area contributed by atoms with Gasteiger partial charge in [-0.25, -0.2) is 0 Å². The van der Waals surface area contributed by atoms with Gasteiger partial charge in [0, 0.05) is 24.0 Å². The van der Waals surface area contributed by atoms with E-state index in [-0.39, 0.29) is 5.91 Å². The minimum Gasteiger partial charge on any atom is -0.348 e. The van der Waals surface area contributed by atoms with Crippen LogP contribution in [0, 0.1) is 20.8 Å². The van der Waals surface area contributed by atoms with E-state index in [2.05, 4.69) is 10.3 Å². The highest BCUT2D eigenvalue weighted by Crippen LogP contribution is 2.10. The van der Waals surface area contributed by atoms with Crippen molar-refractivity contribution in [2.24, 2.45) is 0 Å². The summed E-state index contributed by atoms with van der Waals surface area (Å²) in [7, 11) is 0. The molecule has 0 atom stereocenters. The minimum atomic E-state index is -0.0522. The van der Waals surface area contributed by atoms with E-state index in [9.17, 15) is 4.79 Å². The molecule has 2 rings (SSSR count). The van der Waals surface area contributed by atoms with E-state index in [1.54, 1.807) is 12.3 Å². The third-order valence-corrected chi connectivity index (χ3v) is 3.27. The summed E-state index contributed by atoms with van der Waals surface area (Å²) in [5.41, 5.74) is 4.84. The van der Waals surface area contributed by atoms with Crippen LogP contribution in [0.2, 0.25) is 0 Å². The lowest BCUT2D eigenvalue weighted by molar-refractivity contribution is 0.0950. The maximum Gasteiger partial charge on any atom is 0.251 e. The van der Waals surface area contributed by atoms with Gasteiger partial charge in [-0.05, 0) is 38.0 Å². The highest BCUT2D eigenvalue weighted by Gasteiger charge is 2.10. The number of hydrogen-bond acceptors (Lipinski definition) is 2. The fourth-order valence-electron chi connectivity index (χ4n) is 1.87. The van der Waals surface area contributed by atoms with Crippen LogP contribution in [0.15, 0.2) is 36.5 Å². The third kappa shape index (κ3) is 3.19. The Morgan fingerprint density at radius 1 is 1.11 bits per heavy atom. The molecule has 98 valence electrons. The first-order valence-electron chi connectivity index (χ1n) is 6.34. The van der Waals surface area contributed by atoms with E-state index in [0.717, 1.165) is 16.8 Å². The molecule has 3 heteroatoms. The molecule has 0 aliphatic heterocycles. The Bertz CT molecular complexity index is 588. The second kappa shape index (κ2) is 5.65. The van der Waals surface area contributed by atoms with Gasteiger partial charge in [-0.15, -0.1) is 0 Å². The Morgan fingerprint density at radius 3 is 2.47 bits per heavy atom. The number of aromatic nitrogens is 1. The van der Waals surface area contributed by atoms with Crippen molar-refractivity contribution in [1.82, 2.24) is 10.3 Å². The monoisotopic (exact) mass is 254 g/mol. The quantitative estimate of drug-likeness (QED) is 0.915. The van der Waals surface area contributed by atoms with Gasteiger partial charge in [0.25, 0.3) is 5.91 Å². The minimum absolute atomic E-state index is 0.0522. The molecule has 0 aliphatic carbocycles. The van der Waals surface area contributed by atoms with Crippen molar-refractivity contribution in [3.8, 4) is 0 Å². The number of rotatable bonds is 3. The molecule has 1 N–H and O–H groups in total. The largest absolute Gasteiger partial charge is 0.348 e. The first-order valence-corrected chi connectivity index (χ1v) is 6.34. The molecule has 0 unspecified atom stereocenters. The summed E-state index contributed by atoms with van der Waals surface area (Å²) in [6.45, 7) is 6.42. The van der Waals surface area contributed by atoms with Crippen molar-refractivity contribution in [3.05, 3.63) is 64.5 Å². The van der Waals surface area contributed by atoms with Crippen LogP contribution in [0.1, 0.15) is 32.7 Å². The van der Waals surface area contributed by atoms with E-state index < -0.39 is 0 Å². The van der Waals surface area contributed by atoms with E-state index in [4.69, 9.17) is 0 Å². The summed E-state index contributed by atoms with van der Waals surface area (Å²) >= 11 is 0. The Balaban J connectivity index is 2.05. The Hall–Kier alpha value is -2.16. The smallest absolute Gasteiger partial charge is 0.251 e. The fourth-order valence-corrected chi connectivity index (χ4v) is 1.87. The molecular weight excluding hydrogens is 236 g/mol. The van der Waals surface area contributed by atoms with Crippen molar-refractivity contribution < 1.29 is 4.79 Å². The van der Waals surface area contributed by atoms with Crippen molar-refractivity contribution in [2.75, 3.05) is 0 Å². The van der Waals surface area contributed by atoms with Crippen LogP contribution in [0.3, 0.4) is 0 Å². The standard InChI is InChI=1S/C16H18N2O/c1-11-4-6-14(7-5-11)10-18-16(19)15-8-9-17-13(3)12(15)2/h4-9H,10H2,1-3H3,(H,18,19). The van der Waals surface area contributed by atoms with Gasteiger partial charge in [0.2, 0.25) is 0 Å². The number of aryl methyl sites for hydroxylation is 2. The number of benzene rings is 1. The molecule has 3 nitrogen and oxygen atoms in total. The Kier molecular flexibility index (Phi) is 3.95. The summed E-state index contributed by atoms with van der Waals surface area (Å²) in [6, 6.07) is 9.90. The number of carbonyl (C=O) groups is 1. The second-order valence-electron chi connectivity index (χ2n) is 4.74. The molecule has 0 spiro atoms. The van der Waals surface area contributed by atoms with Gasteiger partial charge < -0.3 is 5.32 Å². The normalized spacial score (nSPS) is 10.3. The lowest BCUT2D eigenvalue weighted by Crippen LogP contribution is -2.24. The maximum absolute atomic E-state index is 12.1. The van der Waals surface area contributed by atoms with Crippen molar-refractivity contribution in [3.63, 3.8) is 0 Å². The summed E-state index contributed by atoms with van der Waals surface area (Å²) in [5, 5.41) is 2.94. The molecule has 1 heterocycles. The molecule has 2 aromatic rings. The lowest BCUT2D eigenvalue weighted by atomic mass is 10.1. The van der Waals surface area contributed by atoms with Crippen LogP contribution in [0.4, 0.5) is 0 Å². The SMILES string of the molecule is Cc1ccc(CNC(=O)c2ccnc(C)c2C)cc1. The van der Waals surface area contributed by atoms with Crippen LogP contribution >= 0.6 is 0 Å². The van der Waals surface area contributed by atoms with Crippen LogP contribution in [0.5, 0.6) is 0 Å². The van der Waals surface area contributed by atoms with Gasteiger partial charge >= 0.3 is 0 Å². The summed E-state index contributed by atoms with van der Waals surface area (Å²) in [6.07, 6.45) is 1.67. The summed E-state index contributed by atoms with van der Waals surface area (Å²) in [4.78, 5) is 16.3. The van der Waals surface area contributed by atoms with E-state index in [1.807, 2.05) is 45.0 Å². The third-order valence-electron chi connectivity index (χ3n) is 3.27. The van der Waals surface area contributed by atoms with Gasteiger partial charge in [0.15, 0.2) is 0 Å². The first-order chi connectivity index (χ1) is 9.08. The van der Waals surface area contributed by atoms with Gasteiger partial charge in [-0.2, -0.15) is 0 Å². The first kappa shape index (κ1) is 13.3. The number of nitrogens with one attached hydrogen (secondary N) is 1. The molecule has 19 heavy (non-hydrogen) atoms. The number of carbonyl (C=O) groups excluding carboxylic acids is 1. The van der Waals surface area contributed by atoms with Crippen LogP contribution < -0.4 is 5.32 Å². The molecule has 0 saturated carbocycles. The highest BCUT2D eigenvalue weighted by molar-refractivity contribution is 5.95. The summed E-state index contributed by atoms with van der Waals surface area (Å²) < 4.78 is 0. The average molecular weight is 254 g/mol. The van der Waals surface area contributed by atoms with Crippen molar-refractivity contribution in [1.29, 1.82) is 0 Å². The lowest BCUT2D eigenvalue weighted by Gasteiger charge is -2.09. The average Bonchev–Trinajstić information content (AvgIpc) is 2.41. The van der Waals surface area contributed by atoms with E-state index >= 15 is 0 Å². The van der Waals surface area contributed by atoms with E-state index in [0.29, 0.717) is 12.1 Å². The molecular formula is C16H18N2O. The van der Waals surface area contributed by atoms with E-state index in [1.165, 1.54) is 5.56 Å². The molecule has 1 aromatic carbocycles. The molecule has 0 bridgehead atoms. The number of amides is 1. The molecule has 0 fully saturated rings. The van der Waals surface area contributed by atoms with Crippen molar-refractivity contribution in [2.45, 2.75) is 27.3 Å². The molecule has 0 radical (unpaired) electrons. The number of hydrogen-bond donors (Lipinski definition) is 1. The van der Waals surface area contributed by atoms with Crippen LogP contribution in [-0.4, -0.2) is 10.9 Å². The maximum atomic E-state index is 12.1. The molecule has 0 saturated heterocycles. The topological polar surface area (TPSA) is 42.0 Å². The van der Waals surface area contributed by atoms with Gasteiger partial charge in [0.05, 0.1) is 0 Å². The summed E-state index contributed by atoms with van der Waals surface area (Å²) in [5.74, 6) is -0.0522. The molecule has 0 aliphatic rings. The van der Waals surface area contributed by atoms with Crippen LogP contribution in [0.25, 0.3) is 0 Å². The van der Waals surface area contributed by atoms with Crippen molar-refractivity contribution >= 4 is 5.91 Å². The van der Waals surface area contributed by atoms with Crippen LogP contribution in [-0.2, 0) is 6.54 Å². The predicted molar refractivity (Wildman–Crippen MR) is 76.1 cm³/mol. The second-order valence-corrected chi connectivity index (χ2v) is 4.74. The Morgan fingerprint density at radius 2 is 1.79 bits per heavy atom.